The van der Waals surface area contributed by atoms with E-state index < -0.39 is 0 Å². The highest BCUT2D eigenvalue weighted by Crippen LogP contribution is 2.20. The fourth-order valence-electron chi connectivity index (χ4n) is 2.85. The zero-order valence-electron chi connectivity index (χ0n) is 14.4. The zero-order chi connectivity index (χ0) is 16.9. The van der Waals surface area contributed by atoms with E-state index in [9.17, 15) is 4.39 Å². The summed E-state index contributed by atoms with van der Waals surface area (Å²) in [7, 11) is 1.80. The summed E-state index contributed by atoms with van der Waals surface area (Å²) in [5.41, 5.74) is 0.681. The minimum Gasteiger partial charge on any atom is -0.366 e. The molecule has 1 aliphatic rings. The number of anilines is 1. The van der Waals surface area contributed by atoms with E-state index in [1.165, 1.54) is 10.9 Å². The standard InChI is InChI=1S/C17H22FN5S.HI/c1-13-20-11-14(24-13)12-21-17(19-2)23-9-7-22(8-10-23)16-6-4-3-5-15(16)18;/h3-6,11H,7-10,12H2,1-2H3,(H,19,21);1H. The Bertz CT molecular complexity index is 713. The van der Waals surface area contributed by atoms with Crippen LogP contribution in [0.5, 0.6) is 0 Å². The summed E-state index contributed by atoms with van der Waals surface area (Å²) in [5.74, 6) is 0.725. The number of guanidine groups is 1. The van der Waals surface area contributed by atoms with Crippen LogP contribution in [0.2, 0.25) is 0 Å². The maximum atomic E-state index is 13.9. The van der Waals surface area contributed by atoms with Crippen LogP contribution in [0.25, 0.3) is 0 Å². The molecule has 136 valence electrons. The minimum absolute atomic E-state index is 0. The number of benzene rings is 1. The summed E-state index contributed by atoms with van der Waals surface area (Å²) in [4.78, 5) is 14.1. The molecule has 0 radical (unpaired) electrons. The van der Waals surface area contributed by atoms with Gasteiger partial charge in [0, 0.05) is 44.3 Å². The highest BCUT2D eigenvalue weighted by Gasteiger charge is 2.21. The molecule has 8 heteroatoms. The summed E-state index contributed by atoms with van der Waals surface area (Å²) >= 11 is 1.69. The number of hydrogen-bond donors (Lipinski definition) is 1. The van der Waals surface area contributed by atoms with Gasteiger partial charge >= 0.3 is 0 Å². The number of nitrogens with zero attached hydrogens (tertiary/aromatic N) is 4. The SMILES string of the molecule is CN=C(NCc1cnc(C)s1)N1CCN(c2ccccc2F)CC1.I. The number of nitrogens with one attached hydrogen (secondary N) is 1. The van der Waals surface area contributed by atoms with Gasteiger partial charge in [-0.25, -0.2) is 9.37 Å². The smallest absolute Gasteiger partial charge is 0.194 e. The third-order valence-corrected chi connectivity index (χ3v) is 4.99. The highest BCUT2D eigenvalue weighted by molar-refractivity contribution is 14.0. The molecule has 0 amide bonds. The van der Waals surface area contributed by atoms with Gasteiger partial charge in [0.25, 0.3) is 0 Å². The maximum Gasteiger partial charge on any atom is 0.194 e. The molecule has 1 aromatic carbocycles. The summed E-state index contributed by atoms with van der Waals surface area (Å²) < 4.78 is 13.9. The van der Waals surface area contributed by atoms with Gasteiger partial charge in [-0.2, -0.15) is 0 Å². The van der Waals surface area contributed by atoms with Crippen molar-refractivity contribution in [2.45, 2.75) is 13.5 Å². The Morgan fingerprint density at radius 2 is 2.00 bits per heavy atom. The van der Waals surface area contributed by atoms with Crippen molar-refractivity contribution < 1.29 is 4.39 Å². The minimum atomic E-state index is -0.158. The number of hydrogen-bond acceptors (Lipinski definition) is 4. The van der Waals surface area contributed by atoms with Crippen LogP contribution in [-0.2, 0) is 6.54 Å². The molecule has 1 fully saturated rings. The number of aryl methyl sites for hydroxylation is 1. The van der Waals surface area contributed by atoms with E-state index in [0.29, 0.717) is 5.69 Å². The van der Waals surface area contributed by atoms with E-state index in [0.717, 1.165) is 43.7 Å². The molecule has 3 rings (SSSR count). The molecule has 2 heterocycles. The molecule has 0 atom stereocenters. The van der Waals surface area contributed by atoms with E-state index in [4.69, 9.17) is 0 Å². The molecule has 0 aliphatic carbocycles. The summed E-state index contributed by atoms with van der Waals surface area (Å²) in [6, 6.07) is 6.95. The second-order valence-corrected chi connectivity index (χ2v) is 6.99. The Hall–Kier alpha value is -1.42. The number of aromatic nitrogens is 1. The third-order valence-electron chi connectivity index (χ3n) is 4.07. The number of aliphatic imine (C=N–C) groups is 1. The average Bonchev–Trinajstić information content (AvgIpc) is 3.02. The average molecular weight is 475 g/mol. The quantitative estimate of drug-likeness (QED) is 0.421. The van der Waals surface area contributed by atoms with Crippen molar-refractivity contribution in [1.82, 2.24) is 15.2 Å². The molecule has 2 aromatic rings. The third kappa shape index (κ3) is 5.04. The number of halogens is 2. The summed E-state index contributed by atoms with van der Waals surface area (Å²) in [6.07, 6.45) is 1.90. The van der Waals surface area contributed by atoms with Crippen molar-refractivity contribution in [2.75, 3.05) is 38.1 Å². The van der Waals surface area contributed by atoms with Gasteiger partial charge < -0.3 is 15.1 Å². The lowest BCUT2D eigenvalue weighted by atomic mass is 10.2. The Labute approximate surface area is 169 Å². The molecule has 1 N–H and O–H groups in total. The molecule has 0 saturated carbocycles. The Morgan fingerprint density at radius 1 is 1.28 bits per heavy atom. The second kappa shape index (κ2) is 9.33. The van der Waals surface area contributed by atoms with E-state index >= 15 is 0 Å². The predicted octanol–water partition coefficient (Wildman–Crippen LogP) is 3.11. The molecule has 0 bridgehead atoms. The van der Waals surface area contributed by atoms with Gasteiger partial charge in [0.15, 0.2) is 5.96 Å². The van der Waals surface area contributed by atoms with Crippen molar-refractivity contribution in [3.63, 3.8) is 0 Å². The van der Waals surface area contributed by atoms with Gasteiger partial charge in [-0.15, -0.1) is 35.3 Å². The van der Waals surface area contributed by atoms with Crippen LogP contribution in [0.3, 0.4) is 0 Å². The van der Waals surface area contributed by atoms with Gasteiger partial charge in [0.05, 0.1) is 17.2 Å². The van der Waals surface area contributed by atoms with Crippen molar-refractivity contribution in [3.05, 3.63) is 46.2 Å². The number of thiazole rings is 1. The number of rotatable bonds is 3. The summed E-state index contributed by atoms with van der Waals surface area (Å²) in [6.45, 7) is 5.92. The van der Waals surface area contributed by atoms with Crippen molar-refractivity contribution in [3.8, 4) is 0 Å². The Balaban J connectivity index is 0.00000225. The largest absolute Gasteiger partial charge is 0.366 e. The van der Waals surface area contributed by atoms with Crippen LogP contribution in [0.4, 0.5) is 10.1 Å². The first-order valence-electron chi connectivity index (χ1n) is 8.04. The van der Waals surface area contributed by atoms with Crippen molar-refractivity contribution >= 4 is 47.0 Å². The molecular weight excluding hydrogens is 452 g/mol. The topological polar surface area (TPSA) is 43.8 Å². The molecule has 5 nitrogen and oxygen atoms in total. The number of piperazine rings is 1. The molecular formula is C17H23FIN5S. The van der Waals surface area contributed by atoms with Crippen LogP contribution in [0, 0.1) is 12.7 Å². The maximum absolute atomic E-state index is 13.9. The molecule has 1 saturated heterocycles. The lowest BCUT2D eigenvalue weighted by Crippen LogP contribution is -2.52. The van der Waals surface area contributed by atoms with Gasteiger partial charge in [-0.05, 0) is 19.1 Å². The summed E-state index contributed by atoms with van der Waals surface area (Å²) in [5, 5.41) is 4.46. The molecule has 0 spiro atoms. The van der Waals surface area contributed by atoms with Crippen molar-refractivity contribution in [2.24, 2.45) is 4.99 Å². The van der Waals surface area contributed by atoms with Crippen LogP contribution < -0.4 is 10.2 Å². The lowest BCUT2D eigenvalue weighted by molar-refractivity contribution is 0.371. The van der Waals surface area contributed by atoms with E-state index in [2.05, 4.69) is 25.1 Å². The van der Waals surface area contributed by atoms with E-state index in [1.54, 1.807) is 24.5 Å². The van der Waals surface area contributed by atoms with E-state index in [1.807, 2.05) is 25.3 Å². The Morgan fingerprint density at radius 3 is 2.60 bits per heavy atom. The van der Waals surface area contributed by atoms with E-state index in [-0.39, 0.29) is 29.8 Å². The first-order chi connectivity index (χ1) is 11.7. The first kappa shape index (κ1) is 19.9. The van der Waals surface area contributed by atoms with Crippen LogP contribution >= 0.6 is 35.3 Å². The van der Waals surface area contributed by atoms with Gasteiger partial charge in [-0.1, -0.05) is 12.1 Å². The second-order valence-electron chi connectivity index (χ2n) is 5.67. The zero-order valence-corrected chi connectivity index (χ0v) is 17.6. The van der Waals surface area contributed by atoms with Crippen LogP contribution in [-0.4, -0.2) is 49.1 Å². The van der Waals surface area contributed by atoms with Gasteiger partial charge in [-0.3, -0.25) is 4.99 Å². The first-order valence-corrected chi connectivity index (χ1v) is 8.85. The molecule has 0 unspecified atom stereocenters. The number of para-hydroxylation sites is 1. The highest BCUT2D eigenvalue weighted by atomic mass is 127. The van der Waals surface area contributed by atoms with Crippen molar-refractivity contribution in [1.29, 1.82) is 0 Å². The monoisotopic (exact) mass is 475 g/mol. The Kier molecular flexibility index (Phi) is 7.42. The predicted molar refractivity (Wildman–Crippen MR) is 113 cm³/mol. The van der Waals surface area contributed by atoms with Crippen LogP contribution in [0.15, 0.2) is 35.5 Å². The normalized spacial score (nSPS) is 15.1. The molecule has 25 heavy (non-hydrogen) atoms. The molecule has 1 aromatic heterocycles. The van der Waals surface area contributed by atoms with Gasteiger partial charge in [0.1, 0.15) is 5.82 Å². The fraction of sp³-hybridized carbons (Fsp3) is 0.412. The fourth-order valence-corrected chi connectivity index (χ4v) is 3.59. The molecule has 1 aliphatic heterocycles. The van der Waals surface area contributed by atoms with Gasteiger partial charge in [0.2, 0.25) is 0 Å². The van der Waals surface area contributed by atoms with Crippen LogP contribution in [0.1, 0.15) is 9.88 Å². The lowest BCUT2D eigenvalue weighted by Gasteiger charge is -2.37.